The summed E-state index contributed by atoms with van der Waals surface area (Å²) in [6.07, 6.45) is 0. The molecule has 1 amide bonds. The first-order chi connectivity index (χ1) is 10.1. The number of carbonyl (C=O) groups excluding carboxylic acids is 1. The van der Waals surface area contributed by atoms with Crippen LogP contribution in [0, 0.1) is 21.8 Å². The van der Waals surface area contributed by atoms with Gasteiger partial charge in [0.05, 0.1) is 5.56 Å². The number of carbonyl (C=O) groups is 1. The summed E-state index contributed by atoms with van der Waals surface area (Å²) in [4.78, 5) is 12.3. The minimum Gasteiger partial charge on any atom is -0.479 e. The summed E-state index contributed by atoms with van der Waals surface area (Å²) >= 11 is 2.17. The van der Waals surface area contributed by atoms with Gasteiger partial charge in [-0.3, -0.25) is 4.79 Å². The molecule has 2 aromatic rings. The molecule has 2 rings (SSSR count). The lowest BCUT2D eigenvalue weighted by Gasteiger charge is -2.09. The van der Waals surface area contributed by atoms with Gasteiger partial charge in [0.15, 0.2) is 6.61 Å². The van der Waals surface area contributed by atoms with Gasteiger partial charge in [-0.1, -0.05) is 18.2 Å². The van der Waals surface area contributed by atoms with Crippen LogP contribution in [0.25, 0.3) is 0 Å². The van der Waals surface area contributed by atoms with E-state index in [1.165, 1.54) is 0 Å². The van der Waals surface area contributed by atoms with Gasteiger partial charge >= 0.3 is 0 Å². The van der Waals surface area contributed by atoms with Crippen molar-refractivity contribution in [2.75, 3.05) is 11.9 Å². The monoisotopic (exact) mass is 392 g/mol. The number of hydrogen-bond acceptors (Lipinski definition) is 3. The van der Waals surface area contributed by atoms with Gasteiger partial charge in [0.2, 0.25) is 0 Å². The van der Waals surface area contributed by atoms with E-state index in [4.69, 9.17) is 10.00 Å². The van der Waals surface area contributed by atoms with Gasteiger partial charge in [0, 0.05) is 15.3 Å². The molecule has 0 heterocycles. The third-order valence-corrected chi connectivity index (χ3v) is 4.26. The Bertz CT molecular complexity index is 708. The number of nitrogens with one attached hydrogen (secondary N) is 1. The maximum Gasteiger partial charge on any atom is 0.256 e. The number of ether oxygens (including phenoxy) is 1. The highest BCUT2D eigenvalue weighted by Crippen LogP contribution is 2.21. The lowest BCUT2D eigenvalue weighted by molar-refractivity contribution is 0.102. The van der Waals surface area contributed by atoms with Crippen molar-refractivity contribution in [1.82, 2.24) is 0 Å². The number of nitriles is 1. The molecule has 0 aromatic heterocycles. The van der Waals surface area contributed by atoms with Gasteiger partial charge < -0.3 is 10.1 Å². The SMILES string of the molecule is Cc1cccc(C(=O)Nc2cccc(OCC#N)c2)c1I. The first-order valence-corrected chi connectivity index (χ1v) is 7.36. The number of benzene rings is 2. The molecule has 4 nitrogen and oxygen atoms in total. The summed E-state index contributed by atoms with van der Waals surface area (Å²) in [7, 11) is 0. The number of aryl methyl sites for hydroxylation is 1. The lowest BCUT2D eigenvalue weighted by atomic mass is 10.1. The van der Waals surface area contributed by atoms with E-state index in [0.29, 0.717) is 17.0 Å². The molecule has 5 heteroatoms. The van der Waals surface area contributed by atoms with Gasteiger partial charge in [0.1, 0.15) is 11.8 Å². The van der Waals surface area contributed by atoms with Crippen LogP contribution in [0.15, 0.2) is 42.5 Å². The Morgan fingerprint density at radius 2 is 2.10 bits per heavy atom. The summed E-state index contributed by atoms with van der Waals surface area (Å²) < 4.78 is 6.15. The Balaban J connectivity index is 2.16. The number of hydrogen-bond donors (Lipinski definition) is 1. The molecule has 0 unspecified atom stereocenters. The Morgan fingerprint density at radius 3 is 2.86 bits per heavy atom. The van der Waals surface area contributed by atoms with Crippen molar-refractivity contribution >= 4 is 34.2 Å². The molecule has 0 aliphatic carbocycles. The molecule has 21 heavy (non-hydrogen) atoms. The standard InChI is InChI=1S/C16H13IN2O2/c1-11-4-2-7-14(15(11)17)16(20)19-12-5-3-6-13(10-12)21-9-8-18/h2-7,10H,9H2,1H3,(H,19,20). The van der Waals surface area contributed by atoms with Crippen LogP contribution in [-0.2, 0) is 0 Å². The minimum absolute atomic E-state index is 0.0207. The second-order valence-electron chi connectivity index (χ2n) is 4.37. The maximum atomic E-state index is 12.3. The van der Waals surface area contributed by atoms with E-state index in [0.717, 1.165) is 9.13 Å². The maximum absolute atomic E-state index is 12.3. The number of amides is 1. The quantitative estimate of drug-likeness (QED) is 0.807. The number of anilines is 1. The van der Waals surface area contributed by atoms with E-state index in [9.17, 15) is 4.79 Å². The Morgan fingerprint density at radius 1 is 1.33 bits per heavy atom. The van der Waals surface area contributed by atoms with Crippen LogP contribution in [0.2, 0.25) is 0 Å². The smallest absolute Gasteiger partial charge is 0.256 e. The summed E-state index contributed by atoms with van der Waals surface area (Å²) in [6.45, 7) is 1.95. The molecule has 1 N–H and O–H groups in total. The summed E-state index contributed by atoms with van der Waals surface area (Å²) in [5, 5.41) is 11.3. The highest BCUT2D eigenvalue weighted by Gasteiger charge is 2.11. The highest BCUT2D eigenvalue weighted by atomic mass is 127. The van der Waals surface area contributed by atoms with Crippen molar-refractivity contribution in [3.8, 4) is 11.8 Å². The molecular formula is C16H13IN2O2. The second kappa shape index (κ2) is 7.09. The van der Waals surface area contributed by atoms with E-state index in [2.05, 4.69) is 27.9 Å². The van der Waals surface area contributed by atoms with Crippen molar-refractivity contribution in [2.24, 2.45) is 0 Å². The first kappa shape index (κ1) is 15.3. The molecule has 106 valence electrons. The fraction of sp³-hybridized carbons (Fsp3) is 0.125. The molecule has 0 saturated heterocycles. The molecule has 2 aromatic carbocycles. The average Bonchev–Trinajstić information content (AvgIpc) is 2.48. The fourth-order valence-corrected chi connectivity index (χ4v) is 2.40. The molecule has 0 radical (unpaired) electrons. The zero-order chi connectivity index (χ0) is 15.2. The molecule has 0 fully saturated rings. The molecule has 0 saturated carbocycles. The van der Waals surface area contributed by atoms with E-state index in [1.807, 2.05) is 25.1 Å². The van der Waals surface area contributed by atoms with Crippen LogP contribution in [0.5, 0.6) is 5.75 Å². The Labute approximate surface area is 136 Å². The van der Waals surface area contributed by atoms with Gasteiger partial charge in [-0.25, -0.2) is 0 Å². The van der Waals surface area contributed by atoms with Crippen molar-refractivity contribution in [1.29, 1.82) is 5.26 Å². The van der Waals surface area contributed by atoms with Crippen molar-refractivity contribution in [3.63, 3.8) is 0 Å². The summed E-state index contributed by atoms with van der Waals surface area (Å²) in [6, 6.07) is 14.5. The molecule has 0 aliphatic heterocycles. The van der Waals surface area contributed by atoms with Crippen LogP contribution in [0.1, 0.15) is 15.9 Å². The van der Waals surface area contributed by atoms with Gasteiger partial charge in [-0.15, -0.1) is 0 Å². The van der Waals surface area contributed by atoms with E-state index < -0.39 is 0 Å². The predicted octanol–water partition coefficient (Wildman–Crippen LogP) is 3.75. The zero-order valence-electron chi connectivity index (χ0n) is 11.4. The van der Waals surface area contributed by atoms with E-state index in [-0.39, 0.29) is 12.5 Å². The second-order valence-corrected chi connectivity index (χ2v) is 5.44. The summed E-state index contributed by atoms with van der Waals surface area (Å²) in [5.74, 6) is 0.383. The van der Waals surface area contributed by atoms with Crippen LogP contribution >= 0.6 is 22.6 Å². The Hall–Kier alpha value is -2.07. The van der Waals surface area contributed by atoms with Crippen LogP contribution in [-0.4, -0.2) is 12.5 Å². The van der Waals surface area contributed by atoms with Crippen LogP contribution < -0.4 is 10.1 Å². The van der Waals surface area contributed by atoms with Crippen molar-refractivity contribution in [3.05, 3.63) is 57.2 Å². The third-order valence-electron chi connectivity index (χ3n) is 2.83. The van der Waals surface area contributed by atoms with Crippen molar-refractivity contribution in [2.45, 2.75) is 6.92 Å². The lowest BCUT2D eigenvalue weighted by Crippen LogP contribution is -2.14. The van der Waals surface area contributed by atoms with Gasteiger partial charge in [-0.2, -0.15) is 5.26 Å². The normalized spacial score (nSPS) is 9.76. The number of halogens is 1. The molecule has 0 spiro atoms. The Kier molecular flexibility index (Phi) is 5.17. The fourth-order valence-electron chi connectivity index (χ4n) is 1.80. The van der Waals surface area contributed by atoms with Crippen LogP contribution in [0.3, 0.4) is 0 Å². The molecular weight excluding hydrogens is 379 g/mol. The van der Waals surface area contributed by atoms with E-state index >= 15 is 0 Å². The predicted molar refractivity (Wildman–Crippen MR) is 89.4 cm³/mol. The molecule has 0 atom stereocenters. The number of nitrogens with zero attached hydrogens (tertiary/aromatic N) is 1. The molecule has 0 bridgehead atoms. The first-order valence-electron chi connectivity index (χ1n) is 6.28. The number of rotatable bonds is 4. The van der Waals surface area contributed by atoms with Gasteiger partial charge in [0.25, 0.3) is 5.91 Å². The molecule has 0 aliphatic rings. The van der Waals surface area contributed by atoms with E-state index in [1.54, 1.807) is 30.3 Å². The largest absolute Gasteiger partial charge is 0.479 e. The zero-order valence-corrected chi connectivity index (χ0v) is 13.5. The van der Waals surface area contributed by atoms with Crippen molar-refractivity contribution < 1.29 is 9.53 Å². The topological polar surface area (TPSA) is 62.1 Å². The average molecular weight is 392 g/mol. The van der Waals surface area contributed by atoms with Gasteiger partial charge in [-0.05, 0) is 53.3 Å². The minimum atomic E-state index is -0.166. The highest BCUT2D eigenvalue weighted by molar-refractivity contribution is 14.1. The summed E-state index contributed by atoms with van der Waals surface area (Å²) in [5.41, 5.74) is 2.33. The van der Waals surface area contributed by atoms with Crippen LogP contribution in [0.4, 0.5) is 5.69 Å². The third kappa shape index (κ3) is 3.95.